The number of esters is 1. The highest BCUT2D eigenvalue weighted by molar-refractivity contribution is 5.86. The molecule has 7 nitrogen and oxygen atoms in total. The van der Waals surface area contributed by atoms with Crippen LogP contribution in [0, 0.1) is 0 Å². The Hall–Kier alpha value is -2.15. The van der Waals surface area contributed by atoms with Crippen molar-refractivity contribution in [3.63, 3.8) is 0 Å². The van der Waals surface area contributed by atoms with Crippen molar-refractivity contribution in [1.82, 2.24) is 0 Å². The van der Waals surface area contributed by atoms with E-state index in [1.165, 1.54) is 6.92 Å². The largest absolute Gasteiger partial charge is 0.510 e. The molecule has 0 fully saturated rings. The number of rotatable bonds is 12. The first-order valence-electron chi connectivity index (χ1n) is 7.62. The van der Waals surface area contributed by atoms with Crippen LogP contribution in [0.4, 0.5) is 4.79 Å². The second-order valence-electron chi connectivity index (χ2n) is 5.36. The lowest BCUT2D eigenvalue weighted by atomic mass is 9.92. The molecule has 0 saturated carbocycles. The molecule has 24 heavy (non-hydrogen) atoms. The zero-order chi connectivity index (χ0) is 18.6. The average Bonchev–Trinajstić information content (AvgIpc) is 2.51. The molecule has 0 rings (SSSR count). The van der Waals surface area contributed by atoms with E-state index < -0.39 is 17.7 Å². The van der Waals surface area contributed by atoms with E-state index in [1.54, 1.807) is 13.0 Å². The molecule has 0 aliphatic rings. The number of ketones is 1. The fourth-order valence-corrected chi connectivity index (χ4v) is 1.79. The van der Waals surface area contributed by atoms with Crippen LogP contribution in [0.5, 0.6) is 0 Å². The summed E-state index contributed by atoms with van der Waals surface area (Å²) in [5.74, 6) is -0.681. The molecule has 0 bridgehead atoms. The third-order valence-corrected chi connectivity index (χ3v) is 3.17. The standard InChI is InChI=1S/C17H26O7/c1-6-8-17(7-2,9-10-22-15(19)13(3)4)24-16(20)23-12-21-11-14(5)18/h6H,1,3,7-12H2,2,4-5H3. The van der Waals surface area contributed by atoms with Crippen LogP contribution in [0.25, 0.3) is 0 Å². The molecule has 7 heteroatoms. The van der Waals surface area contributed by atoms with Gasteiger partial charge in [0.15, 0.2) is 12.6 Å². The Labute approximate surface area is 142 Å². The normalized spacial score (nSPS) is 12.6. The number of carbonyl (C=O) groups excluding carboxylic acids is 3. The van der Waals surface area contributed by atoms with E-state index in [0.717, 1.165) is 0 Å². The second-order valence-corrected chi connectivity index (χ2v) is 5.36. The van der Waals surface area contributed by atoms with Gasteiger partial charge in [0.05, 0.1) is 6.61 Å². The molecule has 0 aliphatic heterocycles. The highest BCUT2D eigenvalue weighted by Crippen LogP contribution is 2.26. The summed E-state index contributed by atoms with van der Waals surface area (Å²) in [6.07, 6.45) is 1.83. The van der Waals surface area contributed by atoms with Crippen LogP contribution in [-0.2, 0) is 28.5 Å². The van der Waals surface area contributed by atoms with Gasteiger partial charge in [0.25, 0.3) is 0 Å². The number of carbonyl (C=O) groups is 3. The molecule has 1 atom stereocenters. The monoisotopic (exact) mass is 342 g/mol. The summed E-state index contributed by atoms with van der Waals surface area (Å²) in [6, 6.07) is 0. The molecule has 0 aliphatic carbocycles. The van der Waals surface area contributed by atoms with Crippen molar-refractivity contribution < 1.29 is 33.3 Å². The first-order valence-corrected chi connectivity index (χ1v) is 7.62. The van der Waals surface area contributed by atoms with Gasteiger partial charge in [-0.1, -0.05) is 19.6 Å². The Kier molecular flexibility index (Phi) is 10.4. The smallest absolute Gasteiger partial charge is 0.462 e. The Balaban J connectivity index is 4.53. The minimum Gasteiger partial charge on any atom is -0.462 e. The van der Waals surface area contributed by atoms with Crippen LogP contribution in [-0.4, -0.2) is 43.5 Å². The SMILES string of the molecule is C=CCC(CC)(CCOC(=O)C(=C)C)OC(=O)OCOCC(C)=O. The first kappa shape index (κ1) is 21.9. The summed E-state index contributed by atoms with van der Waals surface area (Å²) in [4.78, 5) is 33.9. The topological polar surface area (TPSA) is 88.1 Å². The van der Waals surface area contributed by atoms with Crippen LogP contribution in [0.15, 0.2) is 24.8 Å². The van der Waals surface area contributed by atoms with Gasteiger partial charge in [-0.3, -0.25) is 4.79 Å². The van der Waals surface area contributed by atoms with Crippen molar-refractivity contribution in [2.24, 2.45) is 0 Å². The molecule has 0 saturated heterocycles. The van der Waals surface area contributed by atoms with E-state index >= 15 is 0 Å². The van der Waals surface area contributed by atoms with Crippen LogP contribution in [0.3, 0.4) is 0 Å². The highest BCUT2D eigenvalue weighted by Gasteiger charge is 2.32. The molecule has 0 aromatic carbocycles. The molecule has 0 radical (unpaired) electrons. The number of ether oxygens (including phenoxy) is 4. The van der Waals surface area contributed by atoms with Crippen molar-refractivity contribution in [3.05, 3.63) is 24.8 Å². The summed E-state index contributed by atoms with van der Waals surface area (Å²) in [5.41, 5.74) is -0.599. The lowest BCUT2D eigenvalue weighted by Gasteiger charge is -2.30. The van der Waals surface area contributed by atoms with E-state index in [0.29, 0.717) is 18.4 Å². The van der Waals surface area contributed by atoms with E-state index in [1.807, 2.05) is 6.92 Å². The molecular formula is C17H26O7. The van der Waals surface area contributed by atoms with Gasteiger partial charge >= 0.3 is 12.1 Å². The molecule has 136 valence electrons. The van der Waals surface area contributed by atoms with Crippen LogP contribution < -0.4 is 0 Å². The quantitative estimate of drug-likeness (QED) is 0.177. The molecular weight excluding hydrogens is 316 g/mol. The molecule has 0 aromatic rings. The molecule has 1 unspecified atom stereocenters. The molecule has 0 N–H and O–H groups in total. The molecule has 0 aromatic heterocycles. The molecule has 0 spiro atoms. The van der Waals surface area contributed by atoms with E-state index in [2.05, 4.69) is 13.2 Å². The fourth-order valence-electron chi connectivity index (χ4n) is 1.79. The van der Waals surface area contributed by atoms with Gasteiger partial charge in [-0.2, -0.15) is 0 Å². The maximum atomic E-state index is 11.8. The van der Waals surface area contributed by atoms with Crippen molar-refractivity contribution in [2.75, 3.05) is 20.0 Å². The Morgan fingerprint density at radius 1 is 1.17 bits per heavy atom. The third-order valence-electron chi connectivity index (χ3n) is 3.17. The maximum Gasteiger partial charge on any atom is 0.510 e. The van der Waals surface area contributed by atoms with Gasteiger partial charge in [-0.15, -0.1) is 6.58 Å². The van der Waals surface area contributed by atoms with Crippen molar-refractivity contribution in [2.45, 2.75) is 45.6 Å². The second kappa shape index (κ2) is 11.4. The average molecular weight is 342 g/mol. The van der Waals surface area contributed by atoms with Crippen molar-refractivity contribution >= 4 is 17.9 Å². The van der Waals surface area contributed by atoms with Crippen molar-refractivity contribution in [1.29, 1.82) is 0 Å². The van der Waals surface area contributed by atoms with E-state index in [9.17, 15) is 14.4 Å². The number of hydrogen-bond acceptors (Lipinski definition) is 7. The lowest BCUT2D eigenvalue weighted by Crippen LogP contribution is -2.36. The van der Waals surface area contributed by atoms with Gasteiger partial charge in [0.2, 0.25) is 0 Å². The van der Waals surface area contributed by atoms with E-state index in [-0.39, 0.29) is 32.2 Å². The Bertz CT molecular complexity index is 470. The summed E-state index contributed by atoms with van der Waals surface area (Å²) in [7, 11) is 0. The number of hydrogen-bond donors (Lipinski definition) is 0. The van der Waals surface area contributed by atoms with E-state index in [4.69, 9.17) is 18.9 Å². The van der Waals surface area contributed by atoms with Crippen molar-refractivity contribution in [3.8, 4) is 0 Å². The van der Waals surface area contributed by atoms with Gasteiger partial charge in [-0.25, -0.2) is 9.59 Å². The van der Waals surface area contributed by atoms with Gasteiger partial charge in [0.1, 0.15) is 12.2 Å². The Morgan fingerprint density at radius 3 is 2.33 bits per heavy atom. The van der Waals surface area contributed by atoms with Gasteiger partial charge in [0, 0.05) is 18.4 Å². The maximum absolute atomic E-state index is 11.8. The predicted molar refractivity (Wildman–Crippen MR) is 87.3 cm³/mol. The zero-order valence-corrected chi connectivity index (χ0v) is 14.6. The molecule has 0 amide bonds. The minimum atomic E-state index is -0.923. The minimum absolute atomic E-state index is 0.0709. The summed E-state index contributed by atoms with van der Waals surface area (Å²) in [5, 5.41) is 0. The Morgan fingerprint density at radius 2 is 1.83 bits per heavy atom. The first-order chi connectivity index (χ1) is 11.3. The summed E-state index contributed by atoms with van der Waals surface area (Å²) < 4.78 is 20.0. The third kappa shape index (κ3) is 9.09. The van der Waals surface area contributed by atoms with Crippen LogP contribution in [0.2, 0.25) is 0 Å². The zero-order valence-electron chi connectivity index (χ0n) is 14.6. The molecule has 0 heterocycles. The number of Topliss-reactive ketones (excluding diaryl/α,β-unsaturated/α-hetero) is 1. The highest BCUT2D eigenvalue weighted by atomic mass is 16.8. The van der Waals surface area contributed by atoms with Gasteiger partial charge in [-0.05, 0) is 20.3 Å². The summed E-state index contributed by atoms with van der Waals surface area (Å²) >= 11 is 0. The van der Waals surface area contributed by atoms with Gasteiger partial charge < -0.3 is 18.9 Å². The predicted octanol–water partition coefficient (Wildman–Crippen LogP) is 2.94. The summed E-state index contributed by atoms with van der Waals surface area (Å²) in [6.45, 7) is 11.4. The lowest BCUT2D eigenvalue weighted by molar-refractivity contribution is -0.141. The fraction of sp³-hybridized carbons (Fsp3) is 0.588. The van der Waals surface area contributed by atoms with Crippen LogP contribution in [0.1, 0.15) is 40.0 Å². The van der Waals surface area contributed by atoms with Crippen LogP contribution >= 0.6 is 0 Å².